The fourth-order valence-electron chi connectivity index (χ4n) is 3.36. The van der Waals surface area contributed by atoms with E-state index in [2.05, 4.69) is 5.32 Å². The molecule has 1 unspecified atom stereocenters. The van der Waals surface area contributed by atoms with E-state index in [1.54, 1.807) is 60.7 Å². The first kappa shape index (κ1) is 22.6. The Hall–Kier alpha value is -3.60. The fourth-order valence-corrected chi connectivity index (χ4v) is 4.79. The summed E-state index contributed by atoms with van der Waals surface area (Å²) in [6.45, 7) is 0. The molecular formula is C25H17ClFN3O2S. The van der Waals surface area contributed by atoms with E-state index in [0.29, 0.717) is 22.8 Å². The van der Waals surface area contributed by atoms with Crippen LogP contribution in [-0.4, -0.2) is 17.1 Å². The molecule has 0 spiro atoms. The molecule has 1 atom stereocenters. The van der Waals surface area contributed by atoms with Gasteiger partial charge in [0.1, 0.15) is 22.5 Å². The maximum atomic E-state index is 13.4. The highest BCUT2D eigenvalue weighted by molar-refractivity contribution is 8.05. The van der Waals surface area contributed by atoms with Gasteiger partial charge in [-0.15, -0.1) is 0 Å². The van der Waals surface area contributed by atoms with Crippen LogP contribution in [0, 0.1) is 17.1 Å². The predicted octanol–water partition coefficient (Wildman–Crippen LogP) is 5.54. The van der Waals surface area contributed by atoms with Gasteiger partial charge < -0.3 is 5.32 Å². The summed E-state index contributed by atoms with van der Waals surface area (Å²) in [6.07, 6.45) is 0.328. The second-order valence-corrected chi connectivity index (χ2v) is 8.83. The largest absolute Gasteiger partial charge is 0.321 e. The van der Waals surface area contributed by atoms with Crippen LogP contribution in [0.2, 0.25) is 5.02 Å². The van der Waals surface area contributed by atoms with E-state index in [4.69, 9.17) is 11.6 Å². The van der Waals surface area contributed by atoms with Crippen LogP contribution in [0.5, 0.6) is 0 Å². The summed E-state index contributed by atoms with van der Waals surface area (Å²) in [7, 11) is 0. The minimum Gasteiger partial charge on any atom is -0.321 e. The van der Waals surface area contributed by atoms with Gasteiger partial charge in [0, 0.05) is 16.4 Å². The number of anilines is 2. The van der Waals surface area contributed by atoms with Crippen LogP contribution in [0.15, 0.2) is 89.5 Å². The van der Waals surface area contributed by atoms with E-state index in [9.17, 15) is 19.2 Å². The number of halogens is 2. The van der Waals surface area contributed by atoms with E-state index < -0.39 is 11.2 Å². The quantitative estimate of drug-likeness (QED) is 0.386. The highest BCUT2D eigenvalue weighted by Crippen LogP contribution is 2.42. The Labute approximate surface area is 199 Å². The Balaban J connectivity index is 1.70. The molecule has 0 aromatic heterocycles. The molecule has 5 nitrogen and oxygen atoms in total. The zero-order valence-electron chi connectivity index (χ0n) is 17.2. The molecule has 0 saturated carbocycles. The third kappa shape index (κ3) is 5.08. The molecule has 33 heavy (non-hydrogen) atoms. The molecule has 8 heteroatoms. The summed E-state index contributed by atoms with van der Waals surface area (Å²) in [5.41, 5.74) is 1.63. The summed E-state index contributed by atoms with van der Waals surface area (Å²) < 4.78 is 13.3. The summed E-state index contributed by atoms with van der Waals surface area (Å²) >= 11 is 7.05. The molecule has 1 aliphatic heterocycles. The predicted molar refractivity (Wildman–Crippen MR) is 128 cm³/mol. The van der Waals surface area contributed by atoms with Crippen LogP contribution in [-0.2, 0) is 16.0 Å². The normalized spacial score (nSPS) is 16.9. The first-order valence-corrected chi connectivity index (χ1v) is 11.2. The molecule has 4 rings (SSSR count). The fraction of sp³-hybridized carbons (Fsp3) is 0.0800. The molecule has 164 valence electrons. The zero-order valence-corrected chi connectivity index (χ0v) is 18.7. The molecule has 1 saturated heterocycles. The van der Waals surface area contributed by atoms with E-state index in [0.717, 1.165) is 17.3 Å². The molecule has 1 heterocycles. The maximum absolute atomic E-state index is 13.4. The van der Waals surface area contributed by atoms with Crippen LogP contribution >= 0.6 is 23.4 Å². The van der Waals surface area contributed by atoms with E-state index in [-0.39, 0.29) is 22.3 Å². The molecule has 2 amide bonds. The molecule has 1 fully saturated rings. The van der Waals surface area contributed by atoms with Crippen LogP contribution in [0.3, 0.4) is 0 Å². The lowest BCUT2D eigenvalue weighted by Gasteiger charge is -2.18. The first-order valence-electron chi connectivity index (χ1n) is 9.97. The van der Waals surface area contributed by atoms with E-state index in [1.807, 2.05) is 12.1 Å². The second kappa shape index (κ2) is 9.90. The Morgan fingerprint density at radius 3 is 2.36 bits per heavy atom. The summed E-state index contributed by atoms with van der Waals surface area (Å²) in [5.74, 6) is -1.24. The number of para-hydroxylation sites is 1. The van der Waals surface area contributed by atoms with Crippen molar-refractivity contribution in [2.24, 2.45) is 0 Å². The van der Waals surface area contributed by atoms with E-state index in [1.165, 1.54) is 17.0 Å². The number of rotatable bonds is 5. The number of hydrogen-bond acceptors (Lipinski definition) is 4. The van der Waals surface area contributed by atoms with Crippen molar-refractivity contribution in [1.29, 1.82) is 5.26 Å². The molecule has 1 aliphatic rings. The van der Waals surface area contributed by atoms with Gasteiger partial charge in [-0.3, -0.25) is 14.5 Å². The smallest absolute Gasteiger partial charge is 0.269 e. The molecular weight excluding hydrogens is 461 g/mol. The van der Waals surface area contributed by atoms with Crippen molar-refractivity contribution in [2.75, 3.05) is 10.2 Å². The lowest BCUT2D eigenvalue weighted by atomic mass is 10.1. The van der Waals surface area contributed by atoms with Gasteiger partial charge in [-0.1, -0.05) is 53.7 Å². The van der Waals surface area contributed by atoms with Crippen molar-refractivity contribution in [3.63, 3.8) is 0 Å². The Kier molecular flexibility index (Phi) is 6.78. The van der Waals surface area contributed by atoms with Crippen molar-refractivity contribution in [3.05, 3.63) is 106 Å². The van der Waals surface area contributed by atoms with Gasteiger partial charge in [0.25, 0.3) is 5.91 Å². The summed E-state index contributed by atoms with van der Waals surface area (Å²) in [6, 6.07) is 23.2. The lowest BCUT2D eigenvalue weighted by molar-refractivity contribution is -0.117. The van der Waals surface area contributed by atoms with Crippen LogP contribution < -0.4 is 10.2 Å². The average molecular weight is 478 g/mol. The number of nitrogens with zero attached hydrogens (tertiary/aromatic N) is 2. The SMILES string of the molecule is N#C/C(C(=O)Nc1ccc(Cl)cc1)=C1/SC(Cc2ccc(F)cc2)C(=O)N1c1ccccc1. The van der Waals surface area contributed by atoms with Crippen LogP contribution in [0.1, 0.15) is 5.56 Å². The van der Waals surface area contributed by atoms with Gasteiger partial charge in [-0.05, 0) is 60.5 Å². The second-order valence-electron chi connectivity index (χ2n) is 7.20. The van der Waals surface area contributed by atoms with Crippen molar-refractivity contribution >= 4 is 46.6 Å². The molecule has 0 bridgehead atoms. The van der Waals surface area contributed by atoms with Crippen molar-refractivity contribution in [3.8, 4) is 6.07 Å². The number of nitrogens with one attached hydrogen (secondary N) is 1. The Morgan fingerprint density at radius 2 is 1.73 bits per heavy atom. The minimum atomic E-state index is -0.626. The lowest BCUT2D eigenvalue weighted by Crippen LogP contribution is -2.30. The number of carbonyl (C=O) groups is 2. The van der Waals surface area contributed by atoms with Gasteiger partial charge >= 0.3 is 0 Å². The summed E-state index contributed by atoms with van der Waals surface area (Å²) in [5, 5.41) is 12.7. The number of carbonyl (C=O) groups excluding carboxylic acids is 2. The number of hydrogen-bond donors (Lipinski definition) is 1. The van der Waals surface area contributed by atoms with E-state index >= 15 is 0 Å². The van der Waals surface area contributed by atoms with Gasteiger partial charge in [0.05, 0.1) is 5.25 Å². The zero-order chi connectivity index (χ0) is 23.4. The van der Waals surface area contributed by atoms with Gasteiger partial charge in [0.15, 0.2) is 0 Å². The van der Waals surface area contributed by atoms with Crippen molar-refractivity contribution < 1.29 is 14.0 Å². The molecule has 3 aromatic rings. The molecule has 1 N–H and O–H groups in total. The van der Waals surface area contributed by atoms with Crippen LogP contribution in [0.25, 0.3) is 0 Å². The highest BCUT2D eigenvalue weighted by Gasteiger charge is 2.40. The molecule has 0 radical (unpaired) electrons. The van der Waals surface area contributed by atoms with Gasteiger partial charge in [0.2, 0.25) is 5.91 Å². The highest BCUT2D eigenvalue weighted by atomic mass is 35.5. The number of benzene rings is 3. The Bertz CT molecular complexity index is 1260. The van der Waals surface area contributed by atoms with Crippen molar-refractivity contribution in [1.82, 2.24) is 0 Å². The average Bonchev–Trinajstić information content (AvgIpc) is 3.13. The third-order valence-corrected chi connectivity index (χ3v) is 6.47. The molecule has 3 aromatic carbocycles. The number of thioether (sulfide) groups is 1. The first-order chi connectivity index (χ1) is 16.0. The maximum Gasteiger partial charge on any atom is 0.269 e. The Morgan fingerprint density at radius 1 is 1.06 bits per heavy atom. The standard InChI is InChI=1S/C25H17ClFN3O2S/c26-17-8-12-19(13-9-17)29-23(31)21(15-28)25-30(20-4-2-1-3-5-20)24(32)22(33-25)14-16-6-10-18(27)11-7-16/h1-13,22H,14H2,(H,29,31)/b25-21-. The monoisotopic (exact) mass is 477 g/mol. The summed E-state index contributed by atoms with van der Waals surface area (Å²) in [4.78, 5) is 27.8. The van der Waals surface area contributed by atoms with Gasteiger partial charge in [-0.2, -0.15) is 5.26 Å². The van der Waals surface area contributed by atoms with Crippen LogP contribution in [0.4, 0.5) is 15.8 Å². The topological polar surface area (TPSA) is 73.2 Å². The van der Waals surface area contributed by atoms with Crippen molar-refractivity contribution in [2.45, 2.75) is 11.7 Å². The third-order valence-electron chi connectivity index (χ3n) is 4.96. The molecule has 0 aliphatic carbocycles. The van der Waals surface area contributed by atoms with Gasteiger partial charge in [-0.25, -0.2) is 4.39 Å². The number of amides is 2. The number of nitriles is 1. The minimum absolute atomic E-state index is 0.172.